The molecular weight excluding hydrogens is 558 g/mol. The number of nitriles is 1. The molecule has 4 N–H and O–H groups in total. The molecule has 2 fully saturated rings. The van der Waals surface area contributed by atoms with Crippen molar-refractivity contribution >= 4 is 34.4 Å². The van der Waals surface area contributed by atoms with Crippen LogP contribution >= 0.6 is 0 Å². The maximum absolute atomic E-state index is 13.9. The molecule has 3 aromatic rings. The number of aromatic nitrogens is 2. The molecule has 1 aliphatic heterocycles. The van der Waals surface area contributed by atoms with Crippen molar-refractivity contribution in [3.63, 3.8) is 0 Å². The monoisotopic (exact) mass is 595 g/mol. The Bertz CT molecular complexity index is 1580. The van der Waals surface area contributed by atoms with Crippen LogP contribution in [0.1, 0.15) is 62.0 Å². The first kappa shape index (κ1) is 30.6. The van der Waals surface area contributed by atoms with Gasteiger partial charge in [0, 0.05) is 30.3 Å². The van der Waals surface area contributed by atoms with Gasteiger partial charge in [0.25, 0.3) is 5.91 Å². The number of benzene rings is 2. The van der Waals surface area contributed by atoms with Crippen LogP contribution in [0, 0.1) is 23.2 Å². The lowest BCUT2D eigenvalue weighted by Crippen LogP contribution is -2.55. The molecule has 1 aliphatic carbocycles. The molecule has 228 valence electrons. The lowest BCUT2D eigenvalue weighted by Gasteiger charge is -2.25. The lowest BCUT2D eigenvalue weighted by molar-refractivity contribution is -0.130. The molecule has 2 aromatic carbocycles. The highest BCUT2D eigenvalue weighted by Crippen LogP contribution is 2.34. The molecule has 1 aromatic heterocycles. The molecule has 0 spiro atoms. The van der Waals surface area contributed by atoms with Crippen molar-refractivity contribution in [3.8, 4) is 6.07 Å². The summed E-state index contributed by atoms with van der Waals surface area (Å²) in [5, 5.41) is 23.1. The first-order chi connectivity index (χ1) is 21.1. The van der Waals surface area contributed by atoms with E-state index >= 15 is 0 Å². The van der Waals surface area contributed by atoms with Gasteiger partial charge >= 0.3 is 0 Å². The number of hydrogen-bond donors (Lipinski definition) is 4. The average Bonchev–Trinajstić information content (AvgIpc) is 3.79. The van der Waals surface area contributed by atoms with Crippen molar-refractivity contribution in [2.24, 2.45) is 11.8 Å². The van der Waals surface area contributed by atoms with Gasteiger partial charge in [-0.2, -0.15) is 5.26 Å². The summed E-state index contributed by atoms with van der Waals surface area (Å²) in [6, 6.07) is 12.8. The van der Waals surface area contributed by atoms with Gasteiger partial charge < -0.3 is 21.3 Å². The van der Waals surface area contributed by atoms with Crippen LogP contribution in [0.25, 0.3) is 10.8 Å². The van der Waals surface area contributed by atoms with Gasteiger partial charge in [-0.15, -0.1) is 0 Å². The quantitative estimate of drug-likeness (QED) is 0.250. The minimum Gasteiger partial charge on any atom is -0.351 e. The van der Waals surface area contributed by atoms with E-state index in [1.54, 1.807) is 0 Å². The molecule has 4 amide bonds. The van der Waals surface area contributed by atoms with E-state index in [-0.39, 0.29) is 35.9 Å². The van der Waals surface area contributed by atoms with Gasteiger partial charge in [-0.25, -0.2) is 4.98 Å². The molecular formula is C33H37N7O4. The highest BCUT2D eigenvalue weighted by molar-refractivity contribution is 5.97. The van der Waals surface area contributed by atoms with Crippen molar-refractivity contribution < 1.29 is 19.2 Å². The number of nitrogens with zero attached hydrogens (tertiary/aromatic N) is 3. The predicted octanol–water partition coefficient (Wildman–Crippen LogP) is 2.57. The molecule has 11 nitrogen and oxygen atoms in total. The van der Waals surface area contributed by atoms with E-state index in [9.17, 15) is 24.4 Å². The minimum absolute atomic E-state index is 0.0616. The van der Waals surface area contributed by atoms with Crippen LogP contribution in [0.15, 0.2) is 61.1 Å². The normalized spacial score (nSPS) is 19.2. The Balaban J connectivity index is 1.33. The fourth-order valence-electron chi connectivity index (χ4n) is 5.83. The van der Waals surface area contributed by atoms with E-state index < -0.39 is 41.8 Å². The highest BCUT2D eigenvalue weighted by atomic mass is 16.2. The second kappa shape index (κ2) is 13.2. The van der Waals surface area contributed by atoms with Gasteiger partial charge in [0.2, 0.25) is 17.7 Å². The molecule has 44 heavy (non-hydrogen) atoms. The zero-order valence-electron chi connectivity index (χ0n) is 24.9. The SMILES string of the molecule is CC1(C)CC(CC(C#N)NC(=O)C(CC2CC2)NC(=O)C(Cc2cccc3ccccc23)NC(=O)c2cnccn2)C(=O)N1. The minimum atomic E-state index is -1.03. The smallest absolute Gasteiger partial charge is 0.272 e. The molecule has 0 radical (unpaired) electrons. The number of fused-ring (bicyclic) bond motifs is 1. The molecule has 1 saturated heterocycles. The first-order valence-electron chi connectivity index (χ1n) is 15.0. The van der Waals surface area contributed by atoms with Crippen LogP contribution < -0.4 is 21.3 Å². The fraction of sp³-hybridized carbons (Fsp3) is 0.424. The molecule has 1 saturated carbocycles. The first-order valence-corrected chi connectivity index (χ1v) is 15.0. The third kappa shape index (κ3) is 7.75. The predicted molar refractivity (Wildman–Crippen MR) is 163 cm³/mol. The van der Waals surface area contributed by atoms with Crippen molar-refractivity contribution in [2.45, 2.75) is 76.0 Å². The molecule has 2 heterocycles. The van der Waals surface area contributed by atoms with E-state index in [4.69, 9.17) is 0 Å². The molecule has 11 heteroatoms. The maximum Gasteiger partial charge on any atom is 0.272 e. The third-order valence-corrected chi connectivity index (χ3v) is 8.20. The zero-order chi connectivity index (χ0) is 31.3. The van der Waals surface area contributed by atoms with Crippen LogP contribution in [0.4, 0.5) is 0 Å². The van der Waals surface area contributed by atoms with Crippen LogP contribution in [0.5, 0.6) is 0 Å². The number of carbonyl (C=O) groups is 4. The summed E-state index contributed by atoms with van der Waals surface area (Å²) < 4.78 is 0. The topological polar surface area (TPSA) is 166 Å². The Morgan fingerprint density at radius 1 is 1.00 bits per heavy atom. The summed E-state index contributed by atoms with van der Waals surface area (Å²) in [4.78, 5) is 60.9. The van der Waals surface area contributed by atoms with Crippen molar-refractivity contribution in [1.29, 1.82) is 5.26 Å². The Labute approximate surface area is 256 Å². The van der Waals surface area contributed by atoms with E-state index in [1.807, 2.05) is 56.3 Å². The van der Waals surface area contributed by atoms with Crippen molar-refractivity contribution in [1.82, 2.24) is 31.2 Å². The summed E-state index contributed by atoms with van der Waals surface area (Å²) in [5.41, 5.74) is 0.544. The number of nitrogens with one attached hydrogen (secondary N) is 4. The van der Waals surface area contributed by atoms with Crippen molar-refractivity contribution in [2.75, 3.05) is 0 Å². The van der Waals surface area contributed by atoms with Gasteiger partial charge in [-0.05, 0) is 55.4 Å². The molecule has 2 aliphatic rings. The Morgan fingerprint density at radius 3 is 2.43 bits per heavy atom. The van der Waals surface area contributed by atoms with E-state index in [0.29, 0.717) is 12.8 Å². The number of hydrogen-bond acceptors (Lipinski definition) is 7. The maximum atomic E-state index is 13.9. The van der Waals surface area contributed by atoms with Gasteiger partial charge in [-0.3, -0.25) is 24.2 Å². The van der Waals surface area contributed by atoms with E-state index in [1.165, 1.54) is 18.6 Å². The highest BCUT2D eigenvalue weighted by Gasteiger charge is 2.39. The largest absolute Gasteiger partial charge is 0.351 e. The summed E-state index contributed by atoms with van der Waals surface area (Å²) >= 11 is 0. The van der Waals surface area contributed by atoms with E-state index in [2.05, 4.69) is 37.3 Å². The third-order valence-electron chi connectivity index (χ3n) is 8.20. The van der Waals surface area contributed by atoms with Crippen LogP contribution in [0.3, 0.4) is 0 Å². The Morgan fingerprint density at radius 2 is 1.75 bits per heavy atom. The second-order valence-electron chi connectivity index (χ2n) is 12.4. The molecule has 5 rings (SSSR count). The summed E-state index contributed by atoms with van der Waals surface area (Å²) in [6.45, 7) is 3.84. The van der Waals surface area contributed by atoms with Crippen LogP contribution in [-0.4, -0.2) is 57.3 Å². The summed E-state index contributed by atoms with van der Waals surface area (Å²) in [6.07, 6.45) is 7.38. The van der Waals surface area contributed by atoms with E-state index in [0.717, 1.165) is 29.2 Å². The Hall–Kier alpha value is -4.85. The van der Waals surface area contributed by atoms with Gasteiger partial charge in [-0.1, -0.05) is 55.3 Å². The number of carbonyl (C=O) groups excluding carboxylic acids is 4. The zero-order valence-corrected chi connectivity index (χ0v) is 24.9. The molecule has 0 bridgehead atoms. The number of rotatable bonds is 12. The van der Waals surface area contributed by atoms with Gasteiger partial charge in [0.1, 0.15) is 23.8 Å². The van der Waals surface area contributed by atoms with Crippen molar-refractivity contribution in [3.05, 3.63) is 72.3 Å². The standard InChI is InChI=1S/C33H37N7O4/c1-33(2)17-23(29(41)40-33)15-24(18-34)37-30(42)26(14-20-10-11-20)38-31(43)27(39-32(44)28-19-35-12-13-36-28)16-22-8-5-7-21-6-3-4-9-25(21)22/h3-9,12-13,19-20,23-24,26-27H,10-11,14-17H2,1-2H3,(H,37,42)(H,38,43)(H,39,44)(H,40,41). The van der Waals surface area contributed by atoms with Crippen LogP contribution in [0.2, 0.25) is 0 Å². The Kier molecular flexibility index (Phi) is 9.18. The number of amides is 4. The summed E-state index contributed by atoms with van der Waals surface area (Å²) in [5.74, 6) is -1.84. The average molecular weight is 596 g/mol. The lowest BCUT2D eigenvalue weighted by atomic mass is 9.92. The van der Waals surface area contributed by atoms with Crippen LogP contribution in [-0.2, 0) is 20.8 Å². The second-order valence-corrected chi connectivity index (χ2v) is 12.4. The van der Waals surface area contributed by atoms with Gasteiger partial charge in [0.05, 0.1) is 12.3 Å². The molecule has 4 unspecified atom stereocenters. The molecule has 4 atom stereocenters. The fourth-order valence-corrected chi connectivity index (χ4v) is 5.83. The van der Waals surface area contributed by atoms with Gasteiger partial charge in [0.15, 0.2) is 0 Å². The summed E-state index contributed by atoms with van der Waals surface area (Å²) in [7, 11) is 0.